The number of ether oxygens (including phenoxy) is 1. The Labute approximate surface area is 224 Å². The van der Waals surface area contributed by atoms with Crippen LogP contribution in [0.5, 0.6) is 5.75 Å². The van der Waals surface area contributed by atoms with E-state index in [1.165, 1.54) is 19.2 Å². The van der Waals surface area contributed by atoms with E-state index >= 15 is 0 Å². The zero-order valence-corrected chi connectivity index (χ0v) is 21.6. The molecule has 2 atom stereocenters. The number of carbonyl (C=O) groups is 4. The molecular formula is C28H30FN5O5. The number of anilines is 1. The summed E-state index contributed by atoms with van der Waals surface area (Å²) < 4.78 is 19.9. The first-order valence-electron chi connectivity index (χ1n) is 13.3. The van der Waals surface area contributed by atoms with Crippen molar-refractivity contribution in [1.82, 2.24) is 20.4 Å². The molecule has 10 nitrogen and oxygen atoms in total. The second kappa shape index (κ2) is 9.55. The number of amides is 6. The van der Waals surface area contributed by atoms with Gasteiger partial charge in [-0.05, 0) is 79.5 Å². The lowest BCUT2D eigenvalue weighted by Crippen LogP contribution is -2.50. The second-order valence-corrected chi connectivity index (χ2v) is 10.6. The van der Waals surface area contributed by atoms with Crippen molar-refractivity contribution in [2.75, 3.05) is 25.5 Å². The summed E-state index contributed by atoms with van der Waals surface area (Å²) >= 11 is 0. The quantitative estimate of drug-likeness (QED) is 0.520. The molecule has 2 aromatic carbocycles. The van der Waals surface area contributed by atoms with Gasteiger partial charge >= 0.3 is 12.1 Å². The van der Waals surface area contributed by atoms with Crippen molar-refractivity contribution in [3.05, 3.63) is 58.9 Å². The number of carbonyl (C=O) groups excluding carboxylic acids is 4. The maximum Gasteiger partial charge on any atom is 0.325 e. The molecule has 2 aromatic rings. The predicted molar refractivity (Wildman–Crippen MR) is 138 cm³/mol. The molecule has 39 heavy (non-hydrogen) atoms. The SMILES string of the molecule is CNC(=O)Nc1ccc2c(c1)CCC[C@@]21NC(=O)N(CC(=O)N2Cc3cc(F)ccc3OC[C@H]2C2CC2)C1=O. The van der Waals surface area contributed by atoms with E-state index in [-0.39, 0.29) is 37.0 Å². The first-order valence-corrected chi connectivity index (χ1v) is 13.3. The van der Waals surface area contributed by atoms with Crippen LogP contribution in [0.2, 0.25) is 0 Å². The van der Waals surface area contributed by atoms with E-state index in [0.29, 0.717) is 41.8 Å². The lowest BCUT2D eigenvalue weighted by atomic mass is 9.76. The minimum Gasteiger partial charge on any atom is -0.491 e. The predicted octanol–water partition coefficient (Wildman–Crippen LogP) is 2.86. The summed E-state index contributed by atoms with van der Waals surface area (Å²) in [6.07, 6.45) is 3.67. The van der Waals surface area contributed by atoms with Gasteiger partial charge in [0, 0.05) is 24.8 Å². The number of urea groups is 2. The average Bonchev–Trinajstić information content (AvgIpc) is 3.74. The van der Waals surface area contributed by atoms with Crippen LogP contribution in [0.3, 0.4) is 0 Å². The maximum atomic E-state index is 14.0. The van der Waals surface area contributed by atoms with E-state index in [0.717, 1.165) is 23.3 Å². The summed E-state index contributed by atoms with van der Waals surface area (Å²) in [7, 11) is 1.52. The van der Waals surface area contributed by atoms with E-state index < -0.39 is 29.8 Å². The Morgan fingerprint density at radius 2 is 1.97 bits per heavy atom. The Bertz CT molecular complexity index is 1380. The number of fused-ring (bicyclic) bond motifs is 3. The zero-order chi connectivity index (χ0) is 27.3. The Hall–Kier alpha value is -4.15. The van der Waals surface area contributed by atoms with Crippen LogP contribution >= 0.6 is 0 Å². The third-order valence-electron chi connectivity index (χ3n) is 8.18. The van der Waals surface area contributed by atoms with Crippen molar-refractivity contribution in [2.45, 2.75) is 50.2 Å². The Morgan fingerprint density at radius 1 is 1.15 bits per heavy atom. The normalized spacial score (nSPS) is 23.9. The molecule has 2 fully saturated rings. The minimum atomic E-state index is -1.26. The van der Waals surface area contributed by atoms with Gasteiger partial charge in [-0.15, -0.1) is 0 Å². The van der Waals surface area contributed by atoms with E-state index in [9.17, 15) is 23.6 Å². The molecule has 6 rings (SSSR count). The molecule has 204 valence electrons. The average molecular weight is 536 g/mol. The van der Waals surface area contributed by atoms with Gasteiger partial charge < -0.3 is 25.6 Å². The van der Waals surface area contributed by atoms with Crippen LogP contribution in [-0.2, 0) is 28.1 Å². The van der Waals surface area contributed by atoms with Gasteiger partial charge in [0.05, 0.1) is 6.04 Å². The lowest BCUT2D eigenvalue weighted by molar-refractivity contribution is -0.141. The van der Waals surface area contributed by atoms with Crippen molar-refractivity contribution in [2.24, 2.45) is 5.92 Å². The van der Waals surface area contributed by atoms with Crippen LogP contribution in [0.4, 0.5) is 19.7 Å². The molecule has 2 aliphatic carbocycles. The van der Waals surface area contributed by atoms with Gasteiger partial charge in [0.1, 0.15) is 30.3 Å². The molecule has 0 bridgehead atoms. The number of benzene rings is 2. The fourth-order valence-corrected chi connectivity index (χ4v) is 6.04. The maximum absolute atomic E-state index is 14.0. The fraction of sp³-hybridized carbons (Fsp3) is 0.429. The third kappa shape index (κ3) is 4.45. The summed E-state index contributed by atoms with van der Waals surface area (Å²) in [5.74, 6) is -0.459. The second-order valence-electron chi connectivity index (χ2n) is 10.6. The molecule has 1 saturated carbocycles. The number of hydrogen-bond donors (Lipinski definition) is 3. The van der Waals surface area contributed by atoms with E-state index in [4.69, 9.17) is 4.74 Å². The van der Waals surface area contributed by atoms with Gasteiger partial charge in [-0.2, -0.15) is 0 Å². The van der Waals surface area contributed by atoms with Gasteiger partial charge in [0.2, 0.25) is 5.91 Å². The van der Waals surface area contributed by atoms with Crippen molar-refractivity contribution in [3.63, 3.8) is 0 Å². The van der Waals surface area contributed by atoms with E-state index in [1.54, 1.807) is 23.1 Å². The Morgan fingerprint density at radius 3 is 2.74 bits per heavy atom. The van der Waals surface area contributed by atoms with Crippen molar-refractivity contribution in [1.29, 1.82) is 0 Å². The van der Waals surface area contributed by atoms with Crippen LogP contribution in [0.1, 0.15) is 42.4 Å². The van der Waals surface area contributed by atoms with Crippen molar-refractivity contribution in [3.8, 4) is 5.75 Å². The highest BCUT2D eigenvalue weighted by Crippen LogP contribution is 2.42. The Kier molecular flexibility index (Phi) is 6.16. The van der Waals surface area contributed by atoms with Gasteiger partial charge in [0.25, 0.3) is 5.91 Å². The van der Waals surface area contributed by atoms with Crippen LogP contribution in [0.15, 0.2) is 36.4 Å². The molecule has 3 N–H and O–H groups in total. The van der Waals surface area contributed by atoms with Gasteiger partial charge in [-0.25, -0.2) is 14.0 Å². The van der Waals surface area contributed by atoms with E-state index in [2.05, 4.69) is 16.0 Å². The molecule has 0 radical (unpaired) electrons. The van der Waals surface area contributed by atoms with Crippen molar-refractivity contribution >= 4 is 29.6 Å². The number of aryl methyl sites for hydroxylation is 1. The third-order valence-corrected chi connectivity index (χ3v) is 8.18. The molecule has 4 aliphatic rings. The Balaban J connectivity index is 1.25. The summed E-state index contributed by atoms with van der Waals surface area (Å²) in [6.45, 7) is 0.0106. The van der Waals surface area contributed by atoms with Gasteiger partial charge in [-0.3, -0.25) is 14.5 Å². The standard InChI is InChI=1S/C28H30FN5O5/c1-30-26(37)31-20-7-8-21-17(12-20)3-2-10-28(21)25(36)34(27(38)32-28)14-24(35)33-13-18-11-19(29)6-9-23(18)39-15-22(33)16-4-5-16/h6-9,11-12,16,22H,2-5,10,13-15H2,1H3,(H,32,38)(H2,30,31,37)/t22-,28+/m0/s1. The number of imide groups is 1. The largest absolute Gasteiger partial charge is 0.491 e. The smallest absolute Gasteiger partial charge is 0.325 e. The topological polar surface area (TPSA) is 120 Å². The molecule has 2 heterocycles. The molecule has 1 spiro atoms. The number of nitrogens with one attached hydrogen (secondary N) is 3. The van der Waals surface area contributed by atoms with Crippen LogP contribution < -0.4 is 20.7 Å². The van der Waals surface area contributed by atoms with Gasteiger partial charge in [0.15, 0.2) is 0 Å². The first-order chi connectivity index (χ1) is 18.8. The number of hydrogen-bond acceptors (Lipinski definition) is 5. The first kappa shape index (κ1) is 25.1. The van der Waals surface area contributed by atoms with Gasteiger partial charge in [-0.1, -0.05) is 6.07 Å². The number of rotatable bonds is 4. The van der Waals surface area contributed by atoms with Crippen molar-refractivity contribution < 1.29 is 28.3 Å². The highest BCUT2D eigenvalue weighted by molar-refractivity contribution is 6.09. The molecule has 0 unspecified atom stereocenters. The number of nitrogens with zero attached hydrogens (tertiary/aromatic N) is 2. The molecule has 6 amide bonds. The summed E-state index contributed by atoms with van der Waals surface area (Å²) in [6, 6.07) is 8.33. The van der Waals surface area contributed by atoms with E-state index in [1.807, 2.05) is 6.07 Å². The number of halogens is 1. The van der Waals surface area contributed by atoms with Crippen LogP contribution in [0, 0.1) is 11.7 Å². The lowest BCUT2D eigenvalue weighted by Gasteiger charge is -2.34. The highest BCUT2D eigenvalue weighted by Gasteiger charge is 2.55. The minimum absolute atomic E-state index is 0.145. The molecule has 0 aromatic heterocycles. The summed E-state index contributed by atoms with van der Waals surface area (Å²) in [5.41, 5.74) is 1.41. The summed E-state index contributed by atoms with van der Waals surface area (Å²) in [4.78, 5) is 55.1. The molecule has 11 heteroatoms. The highest BCUT2D eigenvalue weighted by atomic mass is 19.1. The zero-order valence-electron chi connectivity index (χ0n) is 21.6. The molecular weight excluding hydrogens is 505 g/mol. The monoisotopic (exact) mass is 535 g/mol. The van der Waals surface area contributed by atoms with Crippen LogP contribution in [0.25, 0.3) is 0 Å². The molecule has 1 saturated heterocycles. The fourth-order valence-electron chi connectivity index (χ4n) is 6.04. The summed E-state index contributed by atoms with van der Waals surface area (Å²) in [5, 5.41) is 8.11. The molecule has 2 aliphatic heterocycles. The van der Waals surface area contributed by atoms with Crippen LogP contribution in [-0.4, -0.2) is 59.9 Å².